The number of Topliss-reactive ketones (excluding diaryl/α,β-unsaturated/α-hetero) is 1. The number of aryl methyl sites for hydroxylation is 1. The van der Waals surface area contributed by atoms with Crippen LogP contribution < -0.4 is 20.7 Å². The van der Waals surface area contributed by atoms with Gasteiger partial charge in [-0.25, -0.2) is 0 Å². The van der Waals surface area contributed by atoms with E-state index in [-0.39, 0.29) is 24.6 Å². The van der Waals surface area contributed by atoms with Crippen molar-refractivity contribution in [1.82, 2.24) is 20.9 Å². The molecule has 1 fully saturated rings. The molecule has 0 radical (unpaired) electrons. The van der Waals surface area contributed by atoms with Crippen LogP contribution in [-0.4, -0.2) is 66.4 Å². The number of ketones is 1. The minimum Gasteiger partial charge on any atom is -0.496 e. The molecule has 196 valence electrons. The van der Waals surface area contributed by atoms with Gasteiger partial charge in [-0.2, -0.15) is 0 Å². The van der Waals surface area contributed by atoms with Gasteiger partial charge in [0.25, 0.3) is 5.91 Å². The highest BCUT2D eigenvalue weighted by atomic mass is 16.5. The van der Waals surface area contributed by atoms with Crippen LogP contribution in [-0.2, 0) is 14.4 Å². The summed E-state index contributed by atoms with van der Waals surface area (Å²) in [5.74, 6) is -1.64. The molecule has 4 rings (SSSR count). The SMILES string of the molecule is COc1cccc2[nH]c(C(=O)NCC(=O)NC(C[C@@H]3CCNC3=O)C(=O)CO)cc12.Cc1ccccc1. The van der Waals surface area contributed by atoms with E-state index < -0.39 is 36.2 Å². The van der Waals surface area contributed by atoms with E-state index in [2.05, 4.69) is 40.0 Å². The van der Waals surface area contributed by atoms with Gasteiger partial charge in [0.15, 0.2) is 5.78 Å². The summed E-state index contributed by atoms with van der Waals surface area (Å²) >= 11 is 0. The molecular weight excluding hydrogens is 476 g/mol. The number of aliphatic hydroxyl groups excluding tert-OH is 1. The monoisotopic (exact) mass is 508 g/mol. The van der Waals surface area contributed by atoms with Crippen LogP contribution in [0.3, 0.4) is 0 Å². The van der Waals surface area contributed by atoms with Gasteiger partial charge in [-0.1, -0.05) is 42.0 Å². The molecule has 0 bridgehead atoms. The van der Waals surface area contributed by atoms with Crippen LogP contribution in [0.5, 0.6) is 5.75 Å². The first-order valence-corrected chi connectivity index (χ1v) is 12.0. The van der Waals surface area contributed by atoms with Gasteiger partial charge >= 0.3 is 0 Å². The Kier molecular flexibility index (Phi) is 9.79. The zero-order valence-corrected chi connectivity index (χ0v) is 20.9. The third-order valence-corrected chi connectivity index (χ3v) is 6.00. The lowest BCUT2D eigenvalue weighted by molar-refractivity contribution is -0.130. The van der Waals surface area contributed by atoms with E-state index in [1.54, 1.807) is 24.3 Å². The highest BCUT2D eigenvalue weighted by molar-refractivity contribution is 6.01. The van der Waals surface area contributed by atoms with Crippen molar-refractivity contribution in [3.8, 4) is 5.75 Å². The van der Waals surface area contributed by atoms with E-state index in [9.17, 15) is 19.2 Å². The number of aromatic amines is 1. The molecule has 1 unspecified atom stereocenters. The van der Waals surface area contributed by atoms with Gasteiger partial charge in [0.1, 0.15) is 18.1 Å². The fraction of sp³-hybridized carbons (Fsp3) is 0.333. The maximum absolute atomic E-state index is 12.4. The highest BCUT2D eigenvalue weighted by Crippen LogP contribution is 2.25. The normalized spacial score (nSPS) is 15.2. The van der Waals surface area contributed by atoms with Crippen LogP contribution in [0.25, 0.3) is 10.9 Å². The Morgan fingerprint density at radius 3 is 2.49 bits per heavy atom. The van der Waals surface area contributed by atoms with Crippen molar-refractivity contribution in [3.63, 3.8) is 0 Å². The molecule has 0 spiro atoms. The molecule has 2 heterocycles. The van der Waals surface area contributed by atoms with Crippen LogP contribution in [0.1, 0.15) is 28.9 Å². The number of ether oxygens (including phenoxy) is 1. The molecule has 0 saturated carbocycles. The first-order valence-electron chi connectivity index (χ1n) is 12.0. The number of rotatable bonds is 9. The fourth-order valence-corrected chi connectivity index (χ4v) is 4.00. The number of hydrogen-bond acceptors (Lipinski definition) is 6. The average molecular weight is 509 g/mol. The topological polar surface area (TPSA) is 150 Å². The van der Waals surface area contributed by atoms with Crippen molar-refractivity contribution in [1.29, 1.82) is 0 Å². The molecule has 3 aromatic rings. The van der Waals surface area contributed by atoms with Crippen molar-refractivity contribution in [2.45, 2.75) is 25.8 Å². The molecule has 1 aliphatic rings. The van der Waals surface area contributed by atoms with Crippen LogP contribution >= 0.6 is 0 Å². The Morgan fingerprint density at radius 1 is 1.14 bits per heavy atom. The van der Waals surface area contributed by atoms with E-state index >= 15 is 0 Å². The van der Waals surface area contributed by atoms with Crippen LogP contribution in [0.15, 0.2) is 54.6 Å². The largest absolute Gasteiger partial charge is 0.496 e. The Labute approximate surface area is 214 Å². The fourth-order valence-electron chi connectivity index (χ4n) is 4.00. The highest BCUT2D eigenvalue weighted by Gasteiger charge is 2.31. The summed E-state index contributed by atoms with van der Waals surface area (Å²) in [7, 11) is 1.53. The van der Waals surface area contributed by atoms with Crippen molar-refractivity contribution >= 4 is 34.4 Å². The average Bonchev–Trinajstić information content (AvgIpc) is 3.53. The second kappa shape index (κ2) is 13.2. The van der Waals surface area contributed by atoms with Crippen molar-refractivity contribution in [2.75, 3.05) is 26.8 Å². The lowest BCUT2D eigenvalue weighted by Crippen LogP contribution is -2.47. The number of benzene rings is 2. The summed E-state index contributed by atoms with van der Waals surface area (Å²) in [6.45, 7) is 1.49. The van der Waals surface area contributed by atoms with E-state index in [0.717, 1.165) is 5.39 Å². The number of methoxy groups -OCH3 is 1. The summed E-state index contributed by atoms with van der Waals surface area (Å²) < 4.78 is 5.26. The molecule has 2 atom stereocenters. The summed E-state index contributed by atoms with van der Waals surface area (Å²) in [6.07, 6.45) is 0.664. The third kappa shape index (κ3) is 7.65. The molecule has 5 N–H and O–H groups in total. The number of aliphatic hydroxyl groups is 1. The number of carbonyl (C=O) groups excluding carboxylic acids is 4. The Bertz CT molecular complexity index is 1240. The molecule has 10 heteroatoms. The predicted octanol–water partition coefficient (Wildman–Crippen LogP) is 1.47. The van der Waals surface area contributed by atoms with E-state index in [4.69, 9.17) is 9.84 Å². The van der Waals surface area contributed by atoms with Crippen LogP contribution in [0, 0.1) is 12.8 Å². The number of carbonyl (C=O) groups is 4. The summed E-state index contributed by atoms with van der Waals surface area (Å²) in [6, 6.07) is 16.2. The second-order valence-electron chi connectivity index (χ2n) is 8.70. The zero-order chi connectivity index (χ0) is 26.8. The number of fused-ring (bicyclic) bond motifs is 1. The molecule has 1 aliphatic heterocycles. The van der Waals surface area contributed by atoms with E-state index in [0.29, 0.717) is 24.2 Å². The maximum atomic E-state index is 12.4. The molecule has 1 aromatic heterocycles. The Hall–Kier alpha value is -4.18. The smallest absolute Gasteiger partial charge is 0.268 e. The lowest BCUT2D eigenvalue weighted by atomic mass is 9.96. The molecule has 0 aliphatic carbocycles. The first kappa shape index (κ1) is 27.4. The third-order valence-electron chi connectivity index (χ3n) is 6.00. The summed E-state index contributed by atoms with van der Waals surface area (Å²) in [5.41, 5.74) is 2.29. The molecule has 37 heavy (non-hydrogen) atoms. The quantitative estimate of drug-likeness (QED) is 0.296. The molecule has 1 saturated heterocycles. The predicted molar refractivity (Wildman–Crippen MR) is 138 cm³/mol. The summed E-state index contributed by atoms with van der Waals surface area (Å²) in [5, 5.41) is 17.5. The maximum Gasteiger partial charge on any atom is 0.268 e. The molecule has 3 amide bonds. The first-order chi connectivity index (χ1) is 17.8. The van der Waals surface area contributed by atoms with Crippen molar-refractivity contribution < 1.29 is 29.0 Å². The number of H-pyrrole nitrogens is 1. The van der Waals surface area contributed by atoms with Gasteiger partial charge in [-0.15, -0.1) is 0 Å². The van der Waals surface area contributed by atoms with Gasteiger partial charge in [0.05, 0.1) is 19.7 Å². The molecule has 2 aromatic carbocycles. The number of aromatic nitrogens is 1. The summed E-state index contributed by atoms with van der Waals surface area (Å²) in [4.78, 5) is 51.3. The second-order valence-corrected chi connectivity index (χ2v) is 8.70. The number of nitrogens with one attached hydrogen (secondary N) is 4. The van der Waals surface area contributed by atoms with Crippen molar-refractivity contribution in [2.24, 2.45) is 5.92 Å². The van der Waals surface area contributed by atoms with Crippen molar-refractivity contribution in [3.05, 3.63) is 65.9 Å². The number of amides is 3. The standard InChI is InChI=1S/C20H24N4O6.C7H8/c1-30-17-4-2-3-13-12(17)8-15(23-13)20(29)22-9-18(27)24-14(16(26)10-25)7-11-5-6-21-19(11)28;1-7-5-3-2-4-6-7/h2-4,8,11,14,23,25H,5-7,9-10H2,1H3,(H,21,28)(H,22,29)(H,24,27);2-6H,1H3/t11-,14?;/m0./s1. The minimum absolute atomic E-state index is 0.104. The van der Waals surface area contributed by atoms with Gasteiger partial charge in [-0.05, 0) is 38.0 Å². The molecular formula is C27H32N4O6. The lowest BCUT2D eigenvalue weighted by Gasteiger charge is -2.19. The minimum atomic E-state index is -0.995. The Balaban J connectivity index is 0.000000468. The van der Waals surface area contributed by atoms with Gasteiger partial charge < -0.3 is 30.8 Å². The number of hydrogen-bond donors (Lipinski definition) is 5. The van der Waals surface area contributed by atoms with E-state index in [1.165, 1.54) is 12.7 Å². The van der Waals surface area contributed by atoms with Crippen LogP contribution in [0.2, 0.25) is 0 Å². The van der Waals surface area contributed by atoms with Crippen LogP contribution in [0.4, 0.5) is 0 Å². The van der Waals surface area contributed by atoms with Gasteiger partial charge in [0, 0.05) is 23.4 Å². The zero-order valence-electron chi connectivity index (χ0n) is 20.9. The van der Waals surface area contributed by atoms with Gasteiger partial charge in [-0.3, -0.25) is 19.2 Å². The molecule has 10 nitrogen and oxygen atoms in total. The van der Waals surface area contributed by atoms with E-state index in [1.807, 2.05) is 18.2 Å². The Morgan fingerprint density at radius 2 is 1.89 bits per heavy atom. The van der Waals surface area contributed by atoms with Gasteiger partial charge in [0.2, 0.25) is 11.8 Å².